The van der Waals surface area contributed by atoms with Crippen molar-refractivity contribution in [2.24, 2.45) is 0 Å². The van der Waals surface area contributed by atoms with Crippen LogP contribution in [0.15, 0.2) is 16.5 Å². The minimum Gasteiger partial charge on any atom is -0.449 e. The zero-order valence-corrected chi connectivity index (χ0v) is 7.21. The third-order valence-corrected chi connectivity index (χ3v) is 2.01. The Morgan fingerprint density at radius 1 is 1.38 bits per heavy atom. The van der Waals surface area contributed by atoms with Crippen LogP contribution in [0.3, 0.4) is 0 Å². The minimum absolute atomic E-state index is 0.0304. The molecule has 1 atom stereocenters. The molecule has 4 nitrogen and oxygen atoms in total. The summed E-state index contributed by atoms with van der Waals surface area (Å²) in [5.74, 6) is -1.35. The van der Waals surface area contributed by atoms with Gasteiger partial charge in [0.05, 0.1) is 6.42 Å². The van der Waals surface area contributed by atoms with Gasteiger partial charge >= 0.3 is 11.9 Å². The minimum atomic E-state index is -0.625. The predicted molar refractivity (Wildman–Crippen MR) is 42.2 cm³/mol. The normalized spacial score (nSPS) is 22.1. The lowest BCUT2D eigenvalue weighted by atomic mass is 10.1. The SMILES string of the molecule is O=C1CC(c2ccc(Cl)o2)C(=O)O1. The lowest BCUT2D eigenvalue weighted by Gasteiger charge is -1.97. The standard InChI is InChI=1S/C8H5ClO4/c9-6-2-1-5(12-6)4-3-7(10)13-8(4)11/h1-2,4H,3H2. The number of ether oxygens (including phenoxy) is 1. The quantitative estimate of drug-likeness (QED) is 0.509. The molecule has 1 fully saturated rings. The van der Waals surface area contributed by atoms with Crippen molar-refractivity contribution >= 4 is 23.5 Å². The molecule has 2 rings (SSSR count). The van der Waals surface area contributed by atoms with Crippen molar-refractivity contribution in [2.75, 3.05) is 0 Å². The molecule has 2 heterocycles. The highest BCUT2D eigenvalue weighted by atomic mass is 35.5. The molecule has 1 aliphatic heterocycles. The van der Waals surface area contributed by atoms with Gasteiger partial charge in [-0.1, -0.05) is 0 Å². The number of hydrogen-bond donors (Lipinski definition) is 0. The summed E-state index contributed by atoms with van der Waals surface area (Å²) in [6, 6.07) is 3.08. The molecule has 1 aromatic rings. The van der Waals surface area contributed by atoms with Crippen LogP contribution in [0.5, 0.6) is 0 Å². The molecule has 0 saturated carbocycles. The van der Waals surface area contributed by atoms with Crippen LogP contribution < -0.4 is 0 Å². The number of hydrogen-bond acceptors (Lipinski definition) is 4. The van der Waals surface area contributed by atoms with Crippen molar-refractivity contribution in [3.63, 3.8) is 0 Å². The highest BCUT2D eigenvalue weighted by Gasteiger charge is 2.36. The molecule has 13 heavy (non-hydrogen) atoms. The first-order chi connectivity index (χ1) is 6.16. The van der Waals surface area contributed by atoms with E-state index in [4.69, 9.17) is 16.0 Å². The van der Waals surface area contributed by atoms with Gasteiger partial charge in [-0.3, -0.25) is 9.59 Å². The fraction of sp³-hybridized carbons (Fsp3) is 0.250. The molecule has 0 radical (unpaired) electrons. The summed E-state index contributed by atoms with van der Waals surface area (Å²) in [5.41, 5.74) is 0. The Kier molecular flexibility index (Phi) is 1.84. The Hall–Kier alpha value is -1.29. The molecule has 0 aliphatic carbocycles. The topological polar surface area (TPSA) is 56.5 Å². The van der Waals surface area contributed by atoms with E-state index in [0.717, 1.165) is 0 Å². The first kappa shape index (κ1) is 8.31. The Labute approximate surface area is 78.4 Å². The van der Waals surface area contributed by atoms with Crippen LogP contribution in [0, 0.1) is 0 Å². The van der Waals surface area contributed by atoms with Gasteiger partial charge < -0.3 is 9.15 Å². The zero-order chi connectivity index (χ0) is 9.42. The van der Waals surface area contributed by atoms with Crippen molar-refractivity contribution in [3.8, 4) is 0 Å². The summed E-state index contributed by atoms with van der Waals surface area (Å²) in [7, 11) is 0. The Bertz CT molecular complexity index is 368. The smallest absolute Gasteiger partial charge is 0.324 e. The summed E-state index contributed by atoms with van der Waals surface area (Å²) < 4.78 is 9.36. The van der Waals surface area contributed by atoms with E-state index in [0.29, 0.717) is 5.76 Å². The van der Waals surface area contributed by atoms with Gasteiger partial charge in [0.1, 0.15) is 11.7 Å². The van der Waals surface area contributed by atoms with Gasteiger partial charge in [0.2, 0.25) is 0 Å². The Morgan fingerprint density at radius 3 is 2.62 bits per heavy atom. The number of cyclic esters (lactones) is 2. The summed E-state index contributed by atoms with van der Waals surface area (Å²) in [6.07, 6.45) is 0.0304. The van der Waals surface area contributed by atoms with Crippen LogP contribution in [0.4, 0.5) is 0 Å². The van der Waals surface area contributed by atoms with Crippen molar-refractivity contribution in [1.29, 1.82) is 0 Å². The largest absolute Gasteiger partial charge is 0.449 e. The summed E-state index contributed by atoms with van der Waals surface area (Å²) in [4.78, 5) is 21.8. The van der Waals surface area contributed by atoms with Crippen LogP contribution in [0.1, 0.15) is 18.1 Å². The van der Waals surface area contributed by atoms with E-state index in [9.17, 15) is 9.59 Å². The van der Waals surface area contributed by atoms with E-state index in [1.54, 1.807) is 6.07 Å². The van der Waals surface area contributed by atoms with Gasteiger partial charge in [-0.25, -0.2) is 0 Å². The van der Waals surface area contributed by atoms with Crippen LogP contribution in [-0.2, 0) is 14.3 Å². The Morgan fingerprint density at radius 2 is 2.15 bits per heavy atom. The lowest BCUT2D eigenvalue weighted by Crippen LogP contribution is -2.04. The maximum atomic E-state index is 11.0. The van der Waals surface area contributed by atoms with Crippen molar-refractivity contribution < 1.29 is 18.7 Å². The molecule has 5 heteroatoms. The van der Waals surface area contributed by atoms with E-state index in [1.165, 1.54) is 6.07 Å². The number of halogens is 1. The average molecular weight is 201 g/mol. The van der Waals surface area contributed by atoms with Gasteiger partial charge in [-0.2, -0.15) is 0 Å². The molecule has 0 spiro atoms. The number of rotatable bonds is 1. The van der Waals surface area contributed by atoms with Gasteiger partial charge in [-0.15, -0.1) is 0 Å². The predicted octanol–water partition coefficient (Wildman–Crippen LogP) is 1.49. The van der Waals surface area contributed by atoms with Gasteiger partial charge in [0.15, 0.2) is 5.22 Å². The molecule has 68 valence electrons. The van der Waals surface area contributed by atoms with Crippen LogP contribution in [0.25, 0.3) is 0 Å². The van der Waals surface area contributed by atoms with E-state index in [2.05, 4.69) is 4.74 Å². The highest BCUT2D eigenvalue weighted by molar-refractivity contribution is 6.28. The molecule has 0 aromatic carbocycles. The number of furan rings is 1. The van der Waals surface area contributed by atoms with E-state index >= 15 is 0 Å². The third-order valence-electron chi connectivity index (χ3n) is 1.81. The summed E-state index contributed by atoms with van der Waals surface area (Å²) >= 11 is 5.52. The van der Waals surface area contributed by atoms with Crippen molar-refractivity contribution in [2.45, 2.75) is 12.3 Å². The second-order valence-corrected chi connectivity index (χ2v) is 3.06. The van der Waals surface area contributed by atoms with Gasteiger partial charge in [-0.05, 0) is 23.7 Å². The highest BCUT2D eigenvalue weighted by Crippen LogP contribution is 2.29. The molecular weight excluding hydrogens is 196 g/mol. The maximum Gasteiger partial charge on any atom is 0.324 e. The number of carbonyl (C=O) groups is 2. The lowest BCUT2D eigenvalue weighted by molar-refractivity contribution is -0.152. The van der Waals surface area contributed by atoms with Crippen LogP contribution in [-0.4, -0.2) is 11.9 Å². The molecule has 1 aliphatic rings. The first-order valence-corrected chi connectivity index (χ1v) is 4.04. The molecule has 1 saturated heterocycles. The van der Waals surface area contributed by atoms with Crippen molar-refractivity contribution in [1.82, 2.24) is 0 Å². The summed E-state index contributed by atoms with van der Waals surface area (Å²) in [6.45, 7) is 0. The number of esters is 2. The molecule has 1 aromatic heterocycles. The fourth-order valence-electron chi connectivity index (χ4n) is 1.21. The molecular formula is C8H5ClO4. The number of carbonyl (C=O) groups excluding carboxylic acids is 2. The van der Waals surface area contributed by atoms with E-state index < -0.39 is 17.9 Å². The molecule has 0 amide bonds. The molecule has 0 N–H and O–H groups in total. The zero-order valence-electron chi connectivity index (χ0n) is 6.45. The second-order valence-electron chi connectivity index (χ2n) is 2.69. The van der Waals surface area contributed by atoms with Gasteiger partial charge in [0, 0.05) is 0 Å². The molecule has 0 bridgehead atoms. The van der Waals surface area contributed by atoms with E-state index in [1.807, 2.05) is 0 Å². The van der Waals surface area contributed by atoms with Gasteiger partial charge in [0.25, 0.3) is 0 Å². The second kappa shape index (κ2) is 2.88. The van der Waals surface area contributed by atoms with Crippen LogP contribution >= 0.6 is 11.6 Å². The average Bonchev–Trinajstić information content (AvgIpc) is 2.58. The third kappa shape index (κ3) is 1.45. The van der Waals surface area contributed by atoms with Crippen molar-refractivity contribution in [3.05, 3.63) is 23.1 Å². The first-order valence-electron chi connectivity index (χ1n) is 3.66. The van der Waals surface area contributed by atoms with Crippen LogP contribution in [0.2, 0.25) is 5.22 Å². The maximum absolute atomic E-state index is 11.0. The Balaban J connectivity index is 2.27. The molecule has 1 unspecified atom stereocenters. The summed E-state index contributed by atoms with van der Waals surface area (Å²) in [5, 5.41) is 0.196. The fourth-order valence-corrected chi connectivity index (χ4v) is 1.36. The van der Waals surface area contributed by atoms with E-state index in [-0.39, 0.29) is 11.6 Å². The monoisotopic (exact) mass is 200 g/mol.